The van der Waals surface area contributed by atoms with E-state index < -0.39 is 0 Å². The lowest BCUT2D eigenvalue weighted by Gasteiger charge is -2.17. The van der Waals surface area contributed by atoms with Crippen LogP contribution in [-0.2, 0) is 4.79 Å². The van der Waals surface area contributed by atoms with Gasteiger partial charge < -0.3 is 5.32 Å². The van der Waals surface area contributed by atoms with E-state index in [9.17, 15) is 4.79 Å². The molecule has 0 aliphatic heterocycles. The van der Waals surface area contributed by atoms with Gasteiger partial charge in [0, 0.05) is 15.1 Å². The van der Waals surface area contributed by atoms with Crippen LogP contribution in [0.4, 0.5) is 5.69 Å². The Morgan fingerprint density at radius 2 is 1.60 bits per heavy atom. The van der Waals surface area contributed by atoms with E-state index in [0.717, 1.165) is 26.2 Å². The van der Waals surface area contributed by atoms with Gasteiger partial charge in [-0.1, -0.05) is 64.5 Å². The van der Waals surface area contributed by atoms with Crippen LogP contribution in [0.3, 0.4) is 0 Å². The van der Waals surface area contributed by atoms with Gasteiger partial charge in [0.25, 0.3) is 0 Å². The van der Waals surface area contributed by atoms with Gasteiger partial charge in [-0.05, 0) is 48.4 Å². The van der Waals surface area contributed by atoms with Gasteiger partial charge in [-0.3, -0.25) is 4.79 Å². The van der Waals surface area contributed by atoms with Crippen molar-refractivity contribution in [1.29, 1.82) is 0 Å². The molecule has 3 rings (SSSR count). The summed E-state index contributed by atoms with van der Waals surface area (Å²) in [6.07, 6.45) is 0. The topological polar surface area (TPSA) is 29.1 Å². The molecule has 0 aliphatic carbocycles. The number of amides is 1. The molecule has 4 heteroatoms. The number of benzene rings is 3. The Balaban J connectivity index is 1.85. The quantitative estimate of drug-likeness (QED) is 0.504. The van der Waals surface area contributed by atoms with Crippen molar-refractivity contribution in [2.24, 2.45) is 0 Å². The van der Waals surface area contributed by atoms with Gasteiger partial charge >= 0.3 is 0 Å². The van der Waals surface area contributed by atoms with Crippen molar-refractivity contribution < 1.29 is 4.79 Å². The lowest BCUT2D eigenvalue weighted by atomic mass is 10.1. The van der Waals surface area contributed by atoms with Crippen molar-refractivity contribution in [1.82, 2.24) is 0 Å². The number of anilines is 1. The summed E-state index contributed by atoms with van der Waals surface area (Å²) < 4.78 is 1.03. The second-order valence-corrected chi connectivity index (χ2v) is 7.71. The van der Waals surface area contributed by atoms with Crippen LogP contribution in [0.2, 0.25) is 0 Å². The normalized spacial score (nSPS) is 11.8. The molecule has 0 radical (unpaired) electrons. The molecule has 0 aromatic heterocycles. The van der Waals surface area contributed by atoms with Gasteiger partial charge in [0.05, 0.1) is 0 Å². The minimum Gasteiger partial charge on any atom is -0.325 e. The van der Waals surface area contributed by atoms with Crippen LogP contribution >= 0.6 is 27.7 Å². The maximum atomic E-state index is 13.0. The number of carbonyl (C=O) groups is 1. The zero-order valence-corrected chi connectivity index (χ0v) is 16.2. The minimum absolute atomic E-state index is 0.0261. The Labute approximate surface area is 160 Å². The molecular formula is C21H18BrNOS. The highest BCUT2D eigenvalue weighted by atomic mass is 79.9. The van der Waals surface area contributed by atoms with Crippen molar-refractivity contribution in [3.8, 4) is 0 Å². The number of halogens is 1. The molecule has 0 spiro atoms. The Hall–Kier alpha value is -2.04. The summed E-state index contributed by atoms with van der Waals surface area (Å²) in [5.74, 6) is -0.0261. The molecule has 1 amide bonds. The predicted molar refractivity (Wildman–Crippen MR) is 109 cm³/mol. The van der Waals surface area contributed by atoms with Crippen LogP contribution < -0.4 is 5.32 Å². The molecule has 3 aromatic carbocycles. The lowest BCUT2D eigenvalue weighted by Crippen LogP contribution is -2.19. The third-order valence-corrected chi connectivity index (χ3v) is 5.92. The molecule has 0 fully saturated rings. The summed E-state index contributed by atoms with van der Waals surface area (Å²) in [4.78, 5) is 14.0. The first kappa shape index (κ1) is 17.8. The zero-order chi connectivity index (χ0) is 17.6. The fraction of sp³-hybridized carbons (Fsp3) is 0.0952. The van der Waals surface area contributed by atoms with E-state index in [2.05, 4.69) is 21.2 Å². The average Bonchev–Trinajstić information content (AvgIpc) is 2.64. The Morgan fingerprint density at radius 3 is 2.24 bits per heavy atom. The first-order valence-electron chi connectivity index (χ1n) is 7.97. The van der Waals surface area contributed by atoms with Gasteiger partial charge in [-0.15, -0.1) is 11.8 Å². The second kappa shape index (κ2) is 8.37. The van der Waals surface area contributed by atoms with Crippen LogP contribution in [0, 0.1) is 6.92 Å². The number of carbonyl (C=O) groups excluding carboxylic acids is 1. The highest BCUT2D eigenvalue weighted by Crippen LogP contribution is 2.36. The number of aryl methyl sites for hydroxylation is 1. The fourth-order valence-electron chi connectivity index (χ4n) is 2.47. The second-order valence-electron chi connectivity index (χ2n) is 5.67. The standard InChI is InChI=1S/C21H18BrNOS/c1-15-14-17(12-13-19(15)22)23-21(24)20(16-8-4-2-5-9-16)25-18-10-6-3-7-11-18/h2-14,20H,1H3,(H,23,24). The molecule has 1 atom stereocenters. The van der Waals surface area contributed by atoms with E-state index in [1.807, 2.05) is 85.8 Å². The van der Waals surface area contributed by atoms with E-state index >= 15 is 0 Å². The summed E-state index contributed by atoms with van der Waals surface area (Å²) in [5, 5.41) is 2.74. The van der Waals surface area contributed by atoms with Gasteiger partial charge in [0.15, 0.2) is 0 Å². The van der Waals surface area contributed by atoms with Gasteiger partial charge in [0.1, 0.15) is 5.25 Å². The molecule has 25 heavy (non-hydrogen) atoms. The molecule has 126 valence electrons. The SMILES string of the molecule is Cc1cc(NC(=O)C(Sc2ccccc2)c2ccccc2)ccc1Br. The molecule has 0 saturated heterocycles. The maximum absolute atomic E-state index is 13.0. The summed E-state index contributed by atoms with van der Waals surface area (Å²) in [6, 6.07) is 25.7. The van der Waals surface area contributed by atoms with Crippen molar-refractivity contribution in [2.45, 2.75) is 17.1 Å². The molecule has 3 aromatic rings. The first-order chi connectivity index (χ1) is 12.1. The van der Waals surface area contributed by atoms with Crippen molar-refractivity contribution in [3.63, 3.8) is 0 Å². The largest absolute Gasteiger partial charge is 0.325 e. The molecule has 0 aliphatic rings. The number of nitrogens with one attached hydrogen (secondary N) is 1. The Bertz CT molecular complexity index is 852. The van der Waals surface area contributed by atoms with Crippen molar-refractivity contribution >= 4 is 39.3 Å². The van der Waals surface area contributed by atoms with Crippen molar-refractivity contribution in [2.75, 3.05) is 5.32 Å². The Morgan fingerprint density at radius 1 is 0.960 bits per heavy atom. The minimum atomic E-state index is -0.312. The van der Waals surface area contributed by atoms with E-state index in [4.69, 9.17) is 0 Å². The molecule has 1 N–H and O–H groups in total. The molecular weight excluding hydrogens is 394 g/mol. The van der Waals surface area contributed by atoms with Crippen molar-refractivity contribution in [3.05, 3.63) is 94.5 Å². The van der Waals surface area contributed by atoms with Gasteiger partial charge in [-0.2, -0.15) is 0 Å². The summed E-state index contributed by atoms with van der Waals surface area (Å²) in [5.41, 5.74) is 2.88. The number of hydrogen-bond donors (Lipinski definition) is 1. The van der Waals surface area contributed by atoms with E-state index in [0.29, 0.717) is 0 Å². The number of rotatable bonds is 5. The maximum Gasteiger partial charge on any atom is 0.242 e. The number of hydrogen-bond acceptors (Lipinski definition) is 2. The first-order valence-corrected chi connectivity index (χ1v) is 9.64. The van der Waals surface area contributed by atoms with Gasteiger partial charge in [0.2, 0.25) is 5.91 Å². The van der Waals surface area contributed by atoms with E-state index in [-0.39, 0.29) is 11.2 Å². The summed E-state index contributed by atoms with van der Waals surface area (Å²) in [6.45, 7) is 2.01. The summed E-state index contributed by atoms with van der Waals surface area (Å²) >= 11 is 5.04. The number of thioether (sulfide) groups is 1. The van der Waals surface area contributed by atoms with Crippen LogP contribution in [-0.4, -0.2) is 5.91 Å². The summed E-state index contributed by atoms with van der Waals surface area (Å²) in [7, 11) is 0. The molecule has 0 bridgehead atoms. The Kier molecular flexibility index (Phi) is 5.95. The zero-order valence-electron chi connectivity index (χ0n) is 13.8. The molecule has 1 unspecified atom stereocenters. The van der Waals surface area contributed by atoms with Crippen LogP contribution in [0.25, 0.3) is 0 Å². The molecule has 2 nitrogen and oxygen atoms in total. The van der Waals surface area contributed by atoms with Crippen LogP contribution in [0.1, 0.15) is 16.4 Å². The smallest absolute Gasteiger partial charge is 0.242 e. The fourth-order valence-corrected chi connectivity index (χ4v) is 3.76. The van der Waals surface area contributed by atoms with E-state index in [1.165, 1.54) is 0 Å². The lowest BCUT2D eigenvalue weighted by molar-refractivity contribution is -0.115. The van der Waals surface area contributed by atoms with Crippen LogP contribution in [0.5, 0.6) is 0 Å². The highest BCUT2D eigenvalue weighted by Gasteiger charge is 2.22. The monoisotopic (exact) mass is 411 g/mol. The average molecular weight is 412 g/mol. The van der Waals surface area contributed by atoms with Gasteiger partial charge in [-0.25, -0.2) is 0 Å². The molecule has 0 heterocycles. The van der Waals surface area contributed by atoms with E-state index in [1.54, 1.807) is 11.8 Å². The third-order valence-electron chi connectivity index (χ3n) is 3.76. The molecule has 0 saturated carbocycles. The van der Waals surface area contributed by atoms with Crippen LogP contribution in [0.15, 0.2) is 88.2 Å². The highest BCUT2D eigenvalue weighted by molar-refractivity contribution is 9.10. The predicted octanol–water partition coefficient (Wildman–Crippen LogP) is 6.23. The third kappa shape index (κ3) is 4.74.